The Morgan fingerprint density at radius 3 is 2.33 bits per heavy atom. The van der Waals surface area contributed by atoms with Crippen molar-refractivity contribution in [2.45, 2.75) is 19.3 Å². The molecular weight excluding hydrogens is 222 g/mol. The molecule has 0 aromatic heterocycles. The molecule has 0 bridgehead atoms. The van der Waals surface area contributed by atoms with Gasteiger partial charge in [-0.2, -0.15) is 0 Å². The number of hydrogen-bond acceptors (Lipinski definition) is 2. The summed E-state index contributed by atoms with van der Waals surface area (Å²) in [6, 6.07) is 12.1. The van der Waals surface area contributed by atoms with Gasteiger partial charge in [0.2, 0.25) is 5.39 Å². The predicted molar refractivity (Wildman–Crippen MR) is 74.8 cm³/mol. The van der Waals surface area contributed by atoms with Gasteiger partial charge in [-0.05, 0) is 31.4 Å². The molecule has 1 saturated heterocycles. The summed E-state index contributed by atoms with van der Waals surface area (Å²) in [7, 11) is 0. The Balaban J connectivity index is 2.15. The summed E-state index contributed by atoms with van der Waals surface area (Å²) in [6.07, 6.45) is 3.86. The summed E-state index contributed by atoms with van der Waals surface area (Å²) in [5.74, 6) is 0. The van der Waals surface area contributed by atoms with Gasteiger partial charge in [-0.1, -0.05) is 18.2 Å². The van der Waals surface area contributed by atoms with Gasteiger partial charge in [-0.15, -0.1) is 0 Å². The highest BCUT2D eigenvalue weighted by atomic mass is 15.1. The smallest absolute Gasteiger partial charge is 0.371 e. The minimum absolute atomic E-state index is 0.645. The first kappa shape index (κ1) is 11.0. The van der Waals surface area contributed by atoms with E-state index in [-0.39, 0.29) is 0 Å². The molecule has 3 rings (SSSR count). The normalized spacial score (nSPS) is 15.6. The zero-order valence-electron chi connectivity index (χ0n) is 10.3. The van der Waals surface area contributed by atoms with Crippen LogP contribution >= 0.6 is 0 Å². The van der Waals surface area contributed by atoms with Crippen molar-refractivity contribution in [3.8, 4) is 0 Å². The first-order chi connectivity index (χ1) is 8.90. The average molecular weight is 238 g/mol. The minimum atomic E-state index is 0.645. The van der Waals surface area contributed by atoms with Gasteiger partial charge in [0, 0.05) is 30.2 Å². The van der Waals surface area contributed by atoms with Crippen LogP contribution in [0, 0.1) is 5.39 Å². The molecule has 18 heavy (non-hydrogen) atoms. The van der Waals surface area contributed by atoms with Crippen LogP contribution in [0.3, 0.4) is 0 Å². The first-order valence-corrected chi connectivity index (χ1v) is 6.52. The van der Waals surface area contributed by atoms with Gasteiger partial charge in [-0.25, -0.2) is 0 Å². The van der Waals surface area contributed by atoms with Crippen LogP contribution in [0.25, 0.3) is 15.7 Å². The Morgan fingerprint density at radius 1 is 0.889 bits per heavy atom. The van der Waals surface area contributed by atoms with Gasteiger partial charge in [0.1, 0.15) is 0 Å². The van der Waals surface area contributed by atoms with Crippen molar-refractivity contribution in [2.24, 2.45) is 0 Å². The number of anilines is 1. The van der Waals surface area contributed by atoms with Gasteiger partial charge in [0.15, 0.2) is 4.98 Å². The molecule has 3 heteroatoms. The molecule has 2 aromatic carbocycles. The van der Waals surface area contributed by atoms with Gasteiger partial charge in [-0.3, -0.25) is 0 Å². The Hall–Kier alpha value is -2.08. The maximum atomic E-state index is 9.05. The molecule has 2 aromatic rings. The Kier molecular flexibility index (Phi) is 2.85. The Bertz CT molecular complexity index is 607. The molecule has 1 heterocycles. The van der Waals surface area contributed by atoms with Crippen molar-refractivity contribution in [3.63, 3.8) is 0 Å². The second-order valence-corrected chi connectivity index (χ2v) is 4.80. The number of rotatable bonds is 1. The number of benzene rings is 2. The fourth-order valence-corrected chi connectivity index (χ4v) is 2.77. The summed E-state index contributed by atoms with van der Waals surface area (Å²) in [5.41, 5.74) is 1.91. The topological polar surface area (TPSA) is 31.4 Å². The standard InChI is InChI=1S/C15H16N3/c16-17-14-8-9-15(18-10-4-1-5-11-18)13-7-3-2-6-12(13)14/h2-3,6-9H,1,4-5,10-11H2/q+1. The van der Waals surface area contributed by atoms with Crippen molar-refractivity contribution >= 4 is 22.1 Å². The summed E-state index contributed by atoms with van der Waals surface area (Å²) >= 11 is 0. The molecule has 0 amide bonds. The van der Waals surface area contributed by atoms with Crippen molar-refractivity contribution < 1.29 is 0 Å². The fourth-order valence-electron chi connectivity index (χ4n) is 2.77. The maximum Gasteiger partial charge on any atom is 0.392 e. The van der Waals surface area contributed by atoms with Crippen LogP contribution in [0.1, 0.15) is 19.3 Å². The van der Waals surface area contributed by atoms with Crippen LogP contribution in [0.15, 0.2) is 36.4 Å². The molecule has 0 aliphatic carbocycles. The predicted octanol–water partition coefficient (Wildman–Crippen LogP) is 4.31. The van der Waals surface area contributed by atoms with Crippen molar-refractivity contribution in [3.05, 3.63) is 41.4 Å². The van der Waals surface area contributed by atoms with E-state index in [4.69, 9.17) is 5.39 Å². The molecule has 1 aliphatic heterocycles. The van der Waals surface area contributed by atoms with E-state index in [9.17, 15) is 0 Å². The molecule has 90 valence electrons. The molecule has 0 spiro atoms. The van der Waals surface area contributed by atoms with E-state index in [1.54, 1.807) is 0 Å². The van der Waals surface area contributed by atoms with E-state index in [0.717, 1.165) is 18.5 Å². The summed E-state index contributed by atoms with van der Waals surface area (Å²) in [6.45, 7) is 2.25. The van der Waals surface area contributed by atoms with Crippen LogP contribution in [0.5, 0.6) is 0 Å². The van der Waals surface area contributed by atoms with Crippen molar-refractivity contribution in [2.75, 3.05) is 18.0 Å². The lowest BCUT2D eigenvalue weighted by molar-refractivity contribution is 0.579. The van der Waals surface area contributed by atoms with Gasteiger partial charge in [0.25, 0.3) is 0 Å². The van der Waals surface area contributed by atoms with Gasteiger partial charge >= 0.3 is 5.69 Å². The highest BCUT2D eigenvalue weighted by Crippen LogP contribution is 2.34. The second-order valence-electron chi connectivity index (χ2n) is 4.80. The van der Waals surface area contributed by atoms with Crippen LogP contribution in [0.2, 0.25) is 0 Å². The van der Waals surface area contributed by atoms with Crippen LogP contribution in [-0.4, -0.2) is 13.1 Å². The van der Waals surface area contributed by atoms with E-state index < -0.39 is 0 Å². The van der Waals surface area contributed by atoms with Crippen LogP contribution < -0.4 is 4.90 Å². The number of nitrogens with zero attached hydrogens (tertiary/aromatic N) is 3. The lowest BCUT2D eigenvalue weighted by Crippen LogP contribution is -2.29. The van der Waals surface area contributed by atoms with E-state index in [2.05, 4.69) is 22.0 Å². The molecule has 1 fully saturated rings. The largest absolute Gasteiger partial charge is 0.392 e. The molecule has 3 nitrogen and oxygen atoms in total. The lowest BCUT2D eigenvalue weighted by Gasteiger charge is -2.29. The third kappa shape index (κ3) is 1.80. The monoisotopic (exact) mass is 238 g/mol. The quantitative estimate of drug-likeness (QED) is 0.693. The van der Waals surface area contributed by atoms with Crippen LogP contribution in [-0.2, 0) is 0 Å². The number of fused-ring (bicyclic) bond motifs is 1. The maximum absolute atomic E-state index is 9.05. The van der Waals surface area contributed by atoms with E-state index in [1.165, 1.54) is 30.3 Å². The third-order valence-electron chi connectivity index (χ3n) is 3.68. The Labute approximate surface area is 107 Å². The average Bonchev–Trinajstić information content (AvgIpc) is 2.47. The van der Waals surface area contributed by atoms with Crippen molar-refractivity contribution in [1.29, 1.82) is 5.39 Å². The highest BCUT2D eigenvalue weighted by Gasteiger charge is 2.18. The number of diazo groups is 1. The zero-order chi connectivity index (χ0) is 12.4. The third-order valence-corrected chi connectivity index (χ3v) is 3.68. The SMILES string of the molecule is N#[N+]c1ccc(N2CCCCC2)c2ccccc12. The van der Waals surface area contributed by atoms with E-state index in [0.29, 0.717) is 5.69 Å². The first-order valence-electron chi connectivity index (χ1n) is 6.52. The van der Waals surface area contributed by atoms with E-state index >= 15 is 0 Å². The Morgan fingerprint density at radius 2 is 1.61 bits per heavy atom. The minimum Gasteiger partial charge on any atom is -0.371 e. The van der Waals surface area contributed by atoms with Crippen LogP contribution in [0.4, 0.5) is 11.4 Å². The zero-order valence-corrected chi connectivity index (χ0v) is 10.3. The molecule has 0 saturated carbocycles. The molecule has 1 aliphatic rings. The summed E-state index contributed by atoms with van der Waals surface area (Å²) in [4.78, 5) is 5.80. The van der Waals surface area contributed by atoms with E-state index in [1.807, 2.05) is 24.3 Å². The van der Waals surface area contributed by atoms with Gasteiger partial charge in [0.05, 0.1) is 5.39 Å². The summed E-state index contributed by atoms with van der Waals surface area (Å²) in [5, 5.41) is 11.2. The highest BCUT2D eigenvalue weighted by molar-refractivity contribution is 6.02. The molecular formula is C15H16N3+. The number of piperidine rings is 1. The van der Waals surface area contributed by atoms with Gasteiger partial charge < -0.3 is 4.90 Å². The molecule has 0 unspecified atom stereocenters. The molecule has 0 radical (unpaired) electrons. The molecule has 0 N–H and O–H groups in total. The molecule has 0 atom stereocenters. The second kappa shape index (κ2) is 4.66. The fraction of sp³-hybridized carbons (Fsp3) is 0.333. The number of hydrogen-bond donors (Lipinski definition) is 0. The lowest BCUT2D eigenvalue weighted by atomic mass is 10.0. The summed E-state index contributed by atoms with van der Waals surface area (Å²) < 4.78 is 0. The van der Waals surface area contributed by atoms with Crippen molar-refractivity contribution in [1.82, 2.24) is 0 Å².